The standard InChI is InChI=1S/C16H33NO3.C2H6/c1-5-6-7-9-18-11-13-20-14-12-19-10-8-17-16(4)15(2)3;1-2/h15,17H,4-14H2,1-3H3;1-2H3. The van der Waals surface area contributed by atoms with Crippen LogP contribution in [0.2, 0.25) is 0 Å². The first kappa shape index (κ1) is 23.7. The Morgan fingerprint density at radius 1 is 0.864 bits per heavy atom. The molecule has 0 unspecified atom stereocenters. The number of rotatable bonds is 15. The minimum absolute atomic E-state index is 0.468. The highest BCUT2D eigenvalue weighted by Crippen LogP contribution is 2.00. The van der Waals surface area contributed by atoms with Gasteiger partial charge < -0.3 is 19.5 Å². The van der Waals surface area contributed by atoms with Crippen molar-refractivity contribution in [3.8, 4) is 0 Å². The van der Waals surface area contributed by atoms with Gasteiger partial charge >= 0.3 is 0 Å². The fourth-order valence-corrected chi connectivity index (χ4v) is 1.48. The quantitative estimate of drug-likeness (QED) is 0.463. The largest absolute Gasteiger partial charge is 0.386 e. The first-order chi connectivity index (χ1) is 10.7. The second kappa shape index (κ2) is 20.4. The molecule has 0 amide bonds. The van der Waals surface area contributed by atoms with E-state index in [0.29, 0.717) is 39.0 Å². The van der Waals surface area contributed by atoms with E-state index in [-0.39, 0.29) is 0 Å². The van der Waals surface area contributed by atoms with Gasteiger partial charge in [0.25, 0.3) is 0 Å². The minimum atomic E-state index is 0.468. The van der Waals surface area contributed by atoms with Crippen LogP contribution in [-0.4, -0.2) is 46.2 Å². The topological polar surface area (TPSA) is 39.7 Å². The lowest BCUT2D eigenvalue weighted by Gasteiger charge is -2.12. The molecule has 0 aromatic heterocycles. The predicted molar refractivity (Wildman–Crippen MR) is 95.3 cm³/mol. The zero-order chi connectivity index (χ0) is 17.1. The fraction of sp³-hybridized carbons (Fsp3) is 0.889. The highest BCUT2D eigenvalue weighted by molar-refractivity contribution is 4.93. The molecule has 0 radical (unpaired) electrons. The molecule has 0 aromatic rings. The molecule has 134 valence electrons. The zero-order valence-corrected chi connectivity index (χ0v) is 15.6. The SMILES string of the molecule is C=C(NCCOCCOCCOCCCCC)C(C)C.CC. The van der Waals surface area contributed by atoms with Gasteiger partial charge in [-0.2, -0.15) is 0 Å². The average Bonchev–Trinajstić information content (AvgIpc) is 2.53. The Balaban J connectivity index is 0. The number of unbranched alkanes of at least 4 members (excludes halogenated alkanes) is 2. The summed E-state index contributed by atoms with van der Waals surface area (Å²) in [6.07, 6.45) is 3.62. The van der Waals surface area contributed by atoms with Crippen molar-refractivity contribution in [3.63, 3.8) is 0 Å². The predicted octanol–water partition coefficient (Wildman–Crippen LogP) is 4.01. The molecule has 0 saturated heterocycles. The molecule has 0 atom stereocenters. The summed E-state index contributed by atoms with van der Waals surface area (Å²) in [5, 5.41) is 3.24. The lowest BCUT2D eigenvalue weighted by atomic mass is 10.1. The van der Waals surface area contributed by atoms with Gasteiger partial charge in [-0.25, -0.2) is 0 Å². The van der Waals surface area contributed by atoms with Gasteiger partial charge in [0.05, 0.1) is 33.0 Å². The van der Waals surface area contributed by atoms with E-state index in [9.17, 15) is 0 Å². The van der Waals surface area contributed by atoms with E-state index >= 15 is 0 Å². The maximum atomic E-state index is 5.45. The van der Waals surface area contributed by atoms with Gasteiger partial charge in [0.1, 0.15) is 0 Å². The van der Waals surface area contributed by atoms with Crippen LogP contribution in [0.5, 0.6) is 0 Å². The Labute approximate surface area is 138 Å². The Hall–Kier alpha value is -0.580. The smallest absolute Gasteiger partial charge is 0.0701 e. The lowest BCUT2D eigenvalue weighted by Crippen LogP contribution is -2.22. The Bertz CT molecular complexity index is 220. The van der Waals surface area contributed by atoms with Crippen LogP contribution >= 0.6 is 0 Å². The van der Waals surface area contributed by atoms with Crippen LogP contribution in [0.4, 0.5) is 0 Å². The molecule has 0 rings (SSSR count). The van der Waals surface area contributed by atoms with Crippen LogP contribution < -0.4 is 5.32 Å². The van der Waals surface area contributed by atoms with E-state index in [1.165, 1.54) is 12.8 Å². The molecule has 0 aliphatic carbocycles. The highest BCUT2D eigenvalue weighted by Gasteiger charge is 1.98. The number of hydrogen-bond donors (Lipinski definition) is 1. The van der Waals surface area contributed by atoms with Crippen molar-refractivity contribution >= 4 is 0 Å². The van der Waals surface area contributed by atoms with Gasteiger partial charge in [-0.15, -0.1) is 0 Å². The van der Waals surface area contributed by atoms with Crippen LogP contribution in [0.15, 0.2) is 12.3 Å². The van der Waals surface area contributed by atoms with E-state index in [0.717, 1.165) is 25.3 Å². The third-order valence-electron chi connectivity index (χ3n) is 2.93. The summed E-state index contributed by atoms with van der Waals surface area (Å²) in [5.74, 6) is 0.468. The first-order valence-electron chi connectivity index (χ1n) is 8.84. The van der Waals surface area contributed by atoms with Gasteiger partial charge in [0.2, 0.25) is 0 Å². The third-order valence-corrected chi connectivity index (χ3v) is 2.93. The normalized spacial score (nSPS) is 10.3. The van der Waals surface area contributed by atoms with Crippen molar-refractivity contribution in [2.45, 2.75) is 53.9 Å². The van der Waals surface area contributed by atoms with E-state index < -0.39 is 0 Å². The van der Waals surface area contributed by atoms with Gasteiger partial charge in [-0.05, 0) is 12.3 Å². The van der Waals surface area contributed by atoms with E-state index in [1.54, 1.807) is 0 Å². The maximum Gasteiger partial charge on any atom is 0.0701 e. The van der Waals surface area contributed by atoms with E-state index in [2.05, 4.69) is 32.7 Å². The monoisotopic (exact) mass is 317 g/mol. The molecule has 0 fully saturated rings. The molecular formula is C18H39NO3. The molecule has 0 aromatic carbocycles. The zero-order valence-electron chi connectivity index (χ0n) is 15.6. The highest BCUT2D eigenvalue weighted by atomic mass is 16.5. The summed E-state index contributed by atoms with van der Waals surface area (Å²) in [4.78, 5) is 0. The Kier molecular flexibility index (Phi) is 22.0. The van der Waals surface area contributed by atoms with Gasteiger partial charge in [-0.1, -0.05) is 54.0 Å². The number of nitrogens with one attached hydrogen (secondary N) is 1. The van der Waals surface area contributed by atoms with Gasteiger partial charge in [0, 0.05) is 18.8 Å². The van der Waals surface area contributed by atoms with Crippen molar-refractivity contribution in [2.24, 2.45) is 5.92 Å². The molecule has 0 spiro atoms. The van der Waals surface area contributed by atoms with Crippen LogP contribution in [0, 0.1) is 5.92 Å². The van der Waals surface area contributed by atoms with E-state index in [4.69, 9.17) is 14.2 Å². The Morgan fingerprint density at radius 3 is 1.86 bits per heavy atom. The van der Waals surface area contributed by atoms with E-state index in [1.807, 2.05) is 13.8 Å². The van der Waals surface area contributed by atoms with Crippen LogP contribution in [0.3, 0.4) is 0 Å². The number of ether oxygens (including phenoxy) is 3. The molecule has 0 heterocycles. The van der Waals surface area contributed by atoms with Gasteiger partial charge in [-0.3, -0.25) is 0 Å². The van der Waals surface area contributed by atoms with Crippen molar-refractivity contribution in [3.05, 3.63) is 12.3 Å². The minimum Gasteiger partial charge on any atom is -0.386 e. The molecule has 0 aliphatic heterocycles. The molecule has 0 bridgehead atoms. The second-order valence-electron chi connectivity index (χ2n) is 5.15. The number of allylic oxidation sites excluding steroid dienone is 1. The van der Waals surface area contributed by atoms with Crippen LogP contribution in [-0.2, 0) is 14.2 Å². The van der Waals surface area contributed by atoms with Crippen molar-refractivity contribution in [1.82, 2.24) is 5.32 Å². The molecule has 22 heavy (non-hydrogen) atoms. The molecule has 4 heteroatoms. The Morgan fingerprint density at radius 2 is 1.36 bits per heavy atom. The lowest BCUT2D eigenvalue weighted by molar-refractivity contribution is 0.0147. The van der Waals surface area contributed by atoms with Gasteiger partial charge in [0.15, 0.2) is 0 Å². The maximum absolute atomic E-state index is 5.45. The third kappa shape index (κ3) is 19.4. The second-order valence-corrected chi connectivity index (χ2v) is 5.15. The molecule has 0 saturated carbocycles. The van der Waals surface area contributed by atoms with Crippen LogP contribution in [0.25, 0.3) is 0 Å². The molecular weight excluding hydrogens is 278 g/mol. The summed E-state index contributed by atoms with van der Waals surface area (Å²) in [7, 11) is 0. The summed E-state index contributed by atoms with van der Waals surface area (Å²) < 4.78 is 16.3. The fourth-order valence-electron chi connectivity index (χ4n) is 1.48. The summed E-state index contributed by atoms with van der Waals surface area (Å²) in [6.45, 7) is 19.3. The average molecular weight is 318 g/mol. The summed E-state index contributed by atoms with van der Waals surface area (Å²) in [5.41, 5.74) is 1.06. The van der Waals surface area contributed by atoms with Crippen molar-refractivity contribution in [2.75, 3.05) is 46.2 Å². The molecule has 4 nitrogen and oxygen atoms in total. The first-order valence-corrected chi connectivity index (χ1v) is 8.84. The number of hydrogen-bond acceptors (Lipinski definition) is 4. The molecule has 1 N–H and O–H groups in total. The van der Waals surface area contributed by atoms with Crippen molar-refractivity contribution < 1.29 is 14.2 Å². The van der Waals surface area contributed by atoms with Crippen LogP contribution in [0.1, 0.15) is 53.9 Å². The van der Waals surface area contributed by atoms with Crippen molar-refractivity contribution in [1.29, 1.82) is 0 Å². The molecule has 0 aliphatic rings. The summed E-state index contributed by atoms with van der Waals surface area (Å²) in [6, 6.07) is 0. The summed E-state index contributed by atoms with van der Waals surface area (Å²) >= 11 is 0.